The maximum absolute atomic E-state index is 5.82. The standard InChI is InChI=1S/C18H21NO2/c1-15(19-11-13-20-14-12-19)16-7-9-18(10-8-16)21-17-5-3-2-4-6-17/h2-10,15H,11-14H2,1H3. The van der Waals surface area contributed by atoms with Gasteiger partial charge >= 0.3 is 0 Å². The summed E-state index contributed by atoms with van der Waals surface area (Å²) in [7, 11) is 0. The van der Waals surface area contributed by atoms with Crippen molar-refractivity contribution in [2.45, 2.75) is 13.0 Å². The molecule has 0 bridgehead atoms. The highest BCUT2D eigenvalue weighted by molar-refractivity contribution is 5.33. The Labute approximate surface area is 126 Å². The van der Waals surface area contributed by atoms with Crippen LogP contribution in [0.2, 0.25) is 0 Å². The first-order valence-electron chi connectivity index (χ1n) is 7.47. The van der Waals surface area contributed by atoms with Crippen LogP contribution in [-0.4, -0.2) is 31.2 Å². The predicted molar refractivity (Wildman–Crippen MR) is 83.8 cm³/mol. The van der Waals surface area contributed by atoms with Crippen molar-refractivity contribution < 1.29 is 9.47 Å². The van der Waals surface area contributed by atoms with Crippen LogP contribution in [-0.2, 0) is 4.74 Å². The molecule has 2 aromatic rings. The van der Waals surface area contributed by atoms with Gasteiger partial charge in [-0.25, -0.2) is 0 Å². The molecule has 1 heterocycles. The molecule has 1 unspecified atom stereocenters. The Kier molecular flexibility index (Phi) is 4.53. The lowest BCUT2D eigenvalue weighted by atomic mass is 10.1. The molecule has 1 atom stereocenters. The van der Waals surface area contributed by atoms with Gasteiger partial charge in [-0.1, -0.05) is 30.3 Å². The van der Waals surface area contributed by atoms with Crippen LogP contribution < -0.4 is 4.74 Å². The first-order valence-corrected chi connectivity index (χ1v) is 7.47. The maximum atomic E-state index is 5.82. The fourth-order valence-electron chi connectivity index (χ4n) is 2.61. The number of rotatable bonds is 4. The lowest BCUT2D eigenvalue weighted by Gasteiger charge is -2.32. The van der Waals surface area contributed by atoms with Gasteiger partial charge in [0, 0.05) is 19.1 Å². The normalized spacial score (nSPS) is 17.4. The Morgan fingerprint density at radius 2 is 1.52 bits per heavy atom. The van der Waals surface area contributed by atoms with Gasteiger partial charge in [0.15, 0.2) is 0 Å². The third-order valence-corrected chi connectivity index (χ3v) is 3.93. The van der Waals surface area contributed by atoms with E-state index in [0.717, 1.165) is 37.8 Å². The zero-order valence-corrected chi connectivity index (χ0v) is 12.4. The number of ether oxygens (including phenoxy) is 2. The number of benzene rings is 2. The first kappa shape index (κ1) is 14.1. The summed E-state index contributed by atoms with van der Waals surface area (Å²) in [6.07, 6.45) is 0. The number of nitrogens with zero attached hydrogens (tertiary/aromatic N) is 1. The summed E-state index contributed by atoms with van der Waals surface area (Å²) in [5, 5.41) is 0. The van der Waals surface area contributed by atoms with Crippen LogP contribution in [0.5, 0.6) is 11.5 Å². The minimum atomic E-state index is 0.416. The van der Waals surface area contributed by atoms with Gasteiger partial charge in [-0.2, -0.15) is 0 Å². The Morgan fingerprint density at radius 1 is 0.905 bits per heavy atom. The fourth-order valence-corrected chi connectivity index (χ4v) is 2.61. The Morgan fingerprint density at radius 3 is 2.19 bits per heavy atom. The number of hydrogen-bond donors (Lipinski definition) is 0. The largest absolute Gasteiger partial charge is 0.457 e. The van der Waals surface area contributed by atoms with Gasteiger partial charge in [0.2, 0.25) is 0 Å². The van der Waals surface area contributed by atoms with Gasteiger partial charge < -0.3 is 9.47 Å². The van der Waals surface area contributed by atoms with E-state index in [1.54, 1.807) is 0 Å². The fraction of sp³-hybridized carbons (Fsp3) is 0.333. The molecule has 0 spiro atoms. The van der Waals surface area contributed by atoms with Crippen LogP contribution in [0.4, 0.5) is 0 Å². The Balaban J connectivity index is 1.66. The second kappa shape index (κ2) is 6.74. The summed E-state index contributed by atoms with van der Waals surface area (Å²) in [5.41, 5.74) is 1.32. The van der Waals surface area contributed by atoms with E-state index in [9.17, 15) is 0 Å². The van der Waals surface area contributed by atoms with Crippen LogP contribution in [0.25, 0.3) is 0 Å². The van der Waals surface area contributed by atoms with Crippen LogP contribution in [0.1, 0.15) is 18.5 Å². The highest BCUT2D eigenvalue weighted by atomic mass is 16.5. The number of morpholine rings is 1. The highest BCUT2D eigenvalue weighted by Gasteiger charge is 2.18. The van der Waals surface area contributed by atoms with Gasteiger partial charge in [-0.3, -0.25) is 4.90 Å². The molecule has 1 saturated heterocycles. The molecule has 110 valence electrons. The monoisotopic (exact) mass is 283 g/mol. The average molecular weight is 283 g/mol. The SMILES string of the molecule is CC(c1ccc(Oc2ccccc2)cc1)N1CCOCC1. The number of hydrogen-bond acceptors (Lipinski definition) is 3. The zero-order valence-electron chi connectivity index (χ0n) is 12.4. The second-order valence-corrected chi connectivity index (χ2v) is 5.31. The van der Waals surface area contributed by atoms with E-state index in [-0.39, 0.29) is 0 Å². The molecule has 0 saturated carbocycles. The lowest BCUT2D eigenvalue weighted by molar-refractivity contribution is 0.0198. The van der Waals surface area contributed by atoms with Crippen molar-refractivity contribution in [1.82, 2.24) is 4.90 Å². The van der Waals surface area contributed by atoms with E-state index in [2.05, 4.69) is 24.0 Å². The third-order valence-electron chi connectivity index (χ3n) is 3.93. The average Bonchev–Trinajstić information content (AvgIpc) is 2.57. The van der Waals surface area contributed by atoms with Crippen LogP contribution >= 0.6 is 0 Å². The van der Waals surface area contributed by atoms with Crippen molar-refractivity contribution in [1.29, 1.82) is 0 Å². The van der Waals surface area contributed by atoms with E-state index < -0.39 is 0 Å². The van der Waals surface area contributed by atoms with Crippen molar-refractivity contribution in [3.05, 3.63) is 60.2 Å². The molecule has 3 heteroatoms. The van der Waals surface area contributed by atoms with Crippen molar-refractivity contribution in [2.24, 2.45) is 0 Å². The molecular formula is C18H21NO2. The quantitative estimate of drug-likeness (QED) is 0.850. The van der Waals surface area contributed by atoms with Gasteiger partial charge in [0.05, 0.1) is 13.2 Å². The summed E-state index contributed by atoms with van der Waals surface area (Å²) in [4.78, 5) is 2.45. The van der Waals surface area contributed by atoms with Crippen molar-refractivity contribution >= 4 is 0 Å². The molecule has 0 radical (unpaired) electrons. The molecule has 0 aliphatic carbocycles. The van der Waals surface area contributed by atoms with Gasteiger partial charge in [0.25, 0.3) is 0 Å². The first-order chi connectivity index (χ1) is 10.3. The molecule has 2 aromatic carbocycles. The minimum Gasteiger partial charge on any atom is -0.457 e. The van der Waals surface area contributed by atoms with E-state index >= 15 is 0 Å². The Bertz CT molecular complexity index is 547. The summed E-state index contributed by atoms with van der Waals surface area (Å²) >= 11 is 0. The minimum absolute atomic E-state index is 0.416. The molecule has 1 aliphatic rings. The van der Waals surface area contributed by atoms with E-state index in [4.69, 9.17) is 9.47 Å². The molecule has 0 N–H and O–H groups in total. The number of para-hydroxylation sites is 1. The van der Waals surface area contributed by atoms with Crippen molar-refractivity contribution in [3.8, 4) is 11.5 Å². The van der Waals surface area contributed by atoms with Gasteiger partial charge in [-0.15, -0.1) is 0 Å². The van der Waals surface area contributed by atoms with Crippen LogP contribution in [0.15, 0.2) is 54.6 Å². The summed E-state index contributed by atoms with van der Waals surface area (Å²) < 4.78 is 11.2. The second-order valence-electron chi connectivity index (χ2n) is 5.31. The zero-order chi connectivity index (χ0) is 14.5. The lowest BCUT2D eigenvalue weighted by Crippen LogP contribution is -2.37. The van der Waals surface area contributed by atoms with Crippen molar-refractivity contribution in [2.75, 3.05) is 26.3 Å². The molecule has 0 amide bonds. The topological polar surface area (TPSA) is 21.7 Å². The molecular weight excluding hydrogens is 262 g/mol. The summed E-state index contributed by atoms with van der Waals surface area (Å²) in [5.74, 6) is 1.74. The Hall–Kier alpha value is -1.84. The summed E-state index contributed by atoms with van der Waals surface area (Å²) in [6, 6.07) is 18.7. The van der Waals surface area contributed by atoms with E-state index in [0.29, 0.717) is 6.04 Å². The van der Waals surface area contributed by atoms with Crippen molar-refractivity contribution in [3.63, 3.8) is 0 Å². The third kappa shape index (κ3) is 3.63. The molecule has 1 aliphatic heterocycles. The highest BCUT2D eigenvalue weighted by Crippen LogP contribution is 2.26. The predicted octanol–water partition coefficient (Wildman–Crippen LogP) is 3.87. The smallest absolute Gasteiger partial charge is 0.127 e. The van der Waals surface area contributed by atoms with Crippen LogP contribution in [0.3, 0.4) is 0 Å². The molecule has 21 heavy (non-hydrogen) atoms. The summed E-state index contributed by atoms with van der Waals surface area (Å²) in [6.45, 7) is 5.92. The van der Waals surface area contributed by atoms with Gasteiger partial charge in [-0.05, 0) is 36.8 Å². The molecule has 0 aromatic heterocycles. The molecule has 3 rings (SSSR count). The molecule has 1 fully saturated rings. The maximum Gasteiger partial charge on any atom is 0.127 e. The van der Waals surface area contributed by atoms with E-state index in [1.165, 1.54) is 5.56 Å². The van der Waals surface area contributed by atoms with Crippen LogP contribution in [0, 0.1) is 0 Å². The van der Waals surface area contributed by atoms with Gasteiger partial charge in [0.1, 0.15) is 11.5 Å². The van der Waals surface area contributed by atoms with E-state index in [1.807, 2.05) is 42.5 Å². The molecule has 3 nitrogen and oxygen atoms in total.